The van der Waals surface area contributed by atoms with E-state index in [2.05, 4.69) is 15.9 Å². The number of fused-ring (bicyclic) bond motifs is 1. The van der Waals surface area contributed by atoms with Crippen LogP contribution < -0.4 is 5.56 Å². The van der Waals surface area contributed by atoms with Gasteiger partial charge in [-0.2, -0.15) is 0 Å². The van der Waals surface area contributed by atoms with Crippen molar-refractivity contribution in [3.8, 4) is 0 Å². The molecule has 0 unspecified atom stereocenters. The molecule has 0 atom stereocenters. The predicted octanol–water partition coefficient (Wildman–Crippen LogP) is 5.50. The maximum absolute atomic E-state index is 12.7. The van der Waals surface area contributed by atoms with E-state index >= 15 is 0 Å². The van der Waals surface area contributed by atoms with E-state index in [0.717, 1.165) is 15.6 Å². The maximum Gasteiger partial charge on any atom is 0.274 e. The van der Waals surface area contributed by atoms with E-state index in [4.69, 9.17) is 23.2 Å². The molecule has 120 valence electrons. The van der Waals surface area contributed by atoms with Crippen molar-refractivity contribution >= 4 is 50.0 Å². The minimum Gasteiger partial charge on any atom is -0.277 e. The van der Waals surface area contributed by atoms with Crippen LogP contribution in [0.1, 0.15) is 25.5 Å². The van der Waals surface area contributed by atoms with E-state index < -0.39 is 0 Å². The van der Waals surface area contributed by atoms with Crippen molar-refractivity contribution in [1.82, 2.24) is 9.36 Å². The highest BCUT2D eigenvalue weighted by molar-refractivity contribution is 9.10. The van der Waals surface area contributed by atoms with Crippen LogP contribution in [0.3, 0.4) is 0 Å². The lowest BCUT2D eigenvalue weighted by Gasteiger charge is -2.17. The first-order valence-corrected chi connectivity index (χ1v) is 8.78. The number of hydrogen-bond acceptors (Lipinski definition) is 1. The van der Waals surface area contributed by atoms with E-state index in [1.54, 1.807) is 4.68 Å². The Morgan fingerprint density at radius 2 is 1.78 bits per heavy atom. The quantitative estimate of drug-likeness (QED) is 0.556. The second-order valence-electron chi connectivity index (χ2n) is 5.66. The molecule has 0 saturated heterocycles. The lowest BCUT2D eigenvalue weighted by Crippen LogP contribution is -2.25. The van der Waals surface area contributed by atoms with Crippen molar-refractivity contribution in [3.63, 3.8) is 0 Å². The van der Waals surface area contributed by atoms with Gasteiger partial charge in [0.2, 0.25) is 0 Å². The van der Waals surface area contributed by atoms with Gasteiger partial charge in [-0.05, 0) is 44.2 Å². The molecule has 6 heteroatoms. The van der Waals surface area contributed by atoms with Gasteiger partial charge in [-0.3, -0.25) is 9.48 Å². The van der Waals surface area contributed by atoms with Crippen LogP contribution >= 0.6 is 39.1 Å². The third kappa shape index (κ3) is 2.95. The fourth-order valence-corrected chi connectivity index (χ4v) is 3.62. The molecule has 1 heterocycles. The van der Waals surface area contributed by atoms with E-state index in [1.807, 2.05) is 54.9 Å². The molecule has 0 N–H and O–H groups in total. The summed E-state index contributed by atoms with van der Waals surface area (Å²) in [5, 5.41) is 1.87. The van der Waals surface area contributed by atoms with Crippen LogP contribution in [0.25, 0.3) is 10.9 Å². The Labute approximate surface area is 152 Å². The van der Waals surface area contributed by atoms with Crippen molar-refractivity contribution < 1.29 is 0 Å². The van der Waals surface area contributed by atoms with Crippen molar-refractivity contribution in [2.24, 2.45) is 0 Å². The molecule has 3 aromatic rings. The normalized spacial score (nSPS) is 11.6. The predicted molar refractivity (Wildman–Crippen MR) is 99.8 cm³/mol. The van der Waals surface area contributed by atoms with Crippen LogP contribution in [0.2, 0.25) is 10.0 Å². The average Bonchev–Trinajstić information content (AvgIpc) is 2.75. The van der Waals surface area contributed by atoms with Gasteiger partial charge in [0.1, 0.15) is 0 Å². The molecule has 0 bridgehead atoms. The molecule has 3 rings (SSSR count). The van der Waals surface area contributed by atoms with Crippen LogP contribution in [-0.2, 0) is 6.54 Å². The van der Waals surface area contributed by atoms with Crippen LogP contribution in [-0.4, -0.2) is 9.36 Å². The number of benzene rings is 2. The maximum atomic E-state index is 12.7. The van der Waals surface area contributed by atoms with Gasteiger partial charge < -0.3 is 0 Å². The highest BCUT2D eigenvalue weighted by Gasteiger charge is 2.17. The molecule has 0 amide bonds. The van der Waals surface area contributed by atoms with E-state index in [1.165, 1.54) is 0 Å². The first-order chi connectivity index (χ1) is 10.9. The second-order valence-corrected chi connectivity index (χ2v) is 7.39. The molecule has 0 fully saturated rings. The Morgan fingerprint density at radius 1 is 1.13 bits per heavy atom. The molecule has 0 radical (unpaired) electrons. The van der Waals surface area contributed by atoms with Crippen molar-refractivity contribution in [2.75, 3.05) is 0 Å². The standard InChI is InChI=1S/C17H15BrCl2N2O/c1-10(2)22-17(23)12-7-6-11(18)8-16(12)21(22)9-13-14(19)4-3-5-15(13)20/h3-8,10H,9H2,1-2H3. The highest BCUT2D eigenvalue weighted by atomic mass is 79.9. The molecule has 0 spiro atoms. The van der Waals surface area contributed by atoms with Gasteiger partial charge >= 0.3 is 0 Å². The number of aromatic nitrogens is 2. The Balaban J connectivity index is 2.29. The molecule has 23 heavy (non-hydrogen) atoms. The van der Waals surface area contributed by atoms with Crippen LogP contribution in [0.5, 0.6) is 0 Å². The SMILES string of the molecule is CC(C)n1c(=O)c2ccc(Br)cc2n1Cc1c(Cl)cccc1Cl. The summed E-state index contributed by atoms with van der Waals surface area (Å²) in [5.41, 5.74) is 1.65. The molecule has 0 aliphatic heterocycles. The van der Waals surface area contributed by atoms with Gasteiger partial charge in [-0.1, -0.05) is 45.2 Å². The number of halogens is 3. The van der Waals surface area contributed by atoms with Crippen LogP contribution in [0.4, 0.5) is 0 Å². The average molecular weight is 414 g/mol. The zero-order chi connectivity index (χ0) is 16.7. The van der Waals surface area contributed by atoms with Crippen LogP contribution in [0, 0.1) is 0 Å². The van der Waals surface area contributed by atoms with Crippen molar-refractivity contribution in [3.05, 3.63) is 66.8 Å². The van der Waals surface area contributed by atoms with E-state index in [9.17, 15) is 4.79 Å². The summed E-state index contributed by atoms with van der Waals surface area (Å²) in [6, 6.07) is 11.1. The third-order valence-corrected chi connectivity index (χ3v) is 5.00. The summed E-state index contributed by atoms with van der Waals surface area (Å²) in [4.78, 5) is 12.7. The second kappa shape index (κ2) is 6.34. The molecule has 0 aliphatic carbocycles. The Hall–Kier alpha value is -1.23. The molecule has 3 nitrogen and oxygen atoms in total. The smallest absolute Gasteiger partial charge is 0.274 e. The molecule has 0 aliphatic rings. The first kappa shape index (κ1) is 16.6. The van der Waals surface area contributed by atoms with Gasteiger partial charge in [-0.15, -0.1) is 0 Å². The topological polar surface area (TPSA) is 26.9 Å². The molecule has 0 saturated carbocycles. The van der Waals surface area contributed by atoms with E-state index in [0.29, 0.717) is 22.0 Å². The van der Waals surface area contributed by atoms with Gasteiger partial charge in [0, 0.05) is 26.1 Å². The summed E-state index contributed by atoms with van der Waals surface area (Å²) in [7, 11) is 0. The highest BCUT2D eigenvalue weighted by Crippen LogP contribution is 2.27. The number of nitrogens with zero attached hydrogens (tertiary/aromatic N) is 2. The summed E-state index contributed by atoms with van der Waals surface area (Å²) in [6.45, 7) is 4.41. The minimum atomic E-state index is -0.00863. The summed E-state index contributed by atoms with van der Waals surface area (Å²) < 4.78 is 4.61. The fraction of sp³-hybridized carbons (Fsp3) is 0.235. The molecule has 1 aromatic heterocycles. The lowest BCUT2D eigenvalue weighted by atomic mass is 10.2. The van der Waals surface area contributed by atoms with Gasteiger partial charge in [0.25, 0.3) is 5.56 Å². The van der Waals surface area contributed by atoms with Gasteiger partial charge in [0.05, 0.1) is 17.4 Å². The van der Waals surface area contributed by atoms with Crippen molar-refractivity contribution in [1.29, 1.82) is 0 Å². The zero-order valence-electron chi connectivity index (χ0n) is 12.7. The molecular formula is C17H15BrCl2N2O. The Morgan fingerprint density at radius 3 is 2.39 bits per heavy atom. The fourth-order valence-electron chi connectivity index (χ4n) is 2.76. The van der Waals surface area contributed by atoms with Crippen molar-refractivity contribution in [2.45, 2.75) is 26.4 Å². The Bertz CT molecular complexity index is 923. The van der Waals surface area contributed by atoms with Gasteiger partial charge in [0.15, 0.2) is 0 Å². The Kier molecular flexibility index (Phi) is 4.59. The zero-order valence-corrected chi connectivity index (χ0v) is 15.8. The first-order valence-electron chi connectivity index (χ1n) is 7.23. The monoisotopic (exact) mass is 412 g/mol. The largest absolute Gasteiger partial charge is 0.277 e. The third-order valence-electron chi connectivity index (χ3n) is 3.80. The minimum absolute atomic E-state index is 0.00863. The molecule has 2 aromatic carbocycles. The summed E-state index contributed by atoms with van der Waals surface area (Å²) in [6.07, 6.45) is 0. The van der Waals surface area contributed by atoms with Gasteiger partial charge in [-0.25, -0.2) is 4.68 Å². The van der Waals surface area contributed by atoms with Crippen LogP contribution in [0.15, 0.2) is 45.7 Å². The van der Waals surface area contributed by atoms with E-state index in [-0.39, 0.29) is 11.6 Å². The summed E-state index contributed by atoms with van der Waals surface area (Å²) in [5.74, 6) is 0. The molecular weight excluding hydrogens is 399 g/mol. The summed E-state index contributed by atoms with van der Waals surface area (Å²) >= 11 is 16.1. The number of rotatable bonds is 3. The lowest BCUT2D eigenvalue weighted by molar-refractivity contribution is 0.428. The number of hydrogen-bond donors (Lipinski definition) is 0.